The first-order valence-electron chi connectivity index (χ1n) is 7.86. The number of nitrogens with zero attached hydrogens (tertiary/aromatic N) is 1. The molecular weight excluding hydrogens is 268 g/mol. The van der Waals surface area contributed by atoms with Gasteiger partial charge < -0.3 is 10.2 Å². The van der Waals surface area contributed by atoms with E-state index in [1.165, 1.54) is 44.5 Å². The van der Waals surface area contributed by atoms with E-state index in [0.29, 0.717) is 12.0 Å². The Labute approximate surface area is 128 Å². The zero-order valence-electron chi connectivity index (χ0n) is 12.7. The smallest absolute Gasteiger partial charge is 0.0406 e. The molecule has 2 unspecified atom stereocenters. The normalized spacial score (nSPS) is 19.8. The number of halogens is 1. The predicted molar refractivity (Wildman–Crippen MR) is 87.3 cm³/mol. The molecule has 2 rings (SSSR count). The molecule has 1 aliphatic heterocycles. The van der Waals surface area contributed by atoms with Gasteiger partial charge in [-0.15, -0.1) is 0 Å². The average Bonchev–Trinajstić information content (AvgIpc) is 2.46. The van der Waals surface area contributed by atoms with E-state index < -0.39 is 0 Å². The fourth-order valence-corrected chi connectivity index (χ4v) is 3.02. The van der Waals surface area contributed by atoms with Crippen LogP contribution in [0.15, 0.2) is 24.3 Å². The number of hydrogen-bond acceptors (Lipinski definition) is 2. The third-order valence-corrected chi connectivity index (χ3v) is 4.41. The zero-order chi connectivity index (χ0) is 14.4. The summed E-state index contributed by atoms with van der Waals surface area (Å²) < 4.78 is 0. The van der Waals surface area contributed by atoms with E-state index in [-0.39, 0.29) is 0 Å². The van der Waals surface area contributed by atoms with Crippen LogP contribution < -0.4 is 5.32 Å². The summed E-state index contributed by atoms with van der Waals surface area (Å²) in [4.78, 5) is 2.61. The summed E-state index contributed by atoms with van der Waals surface area (Å²) in [5.41, 5.74) is 1.31. The Morgan fingerprint density at radius 2 is 1.75 bits per heavy atom. The minimum Gasteiger partial charge on any atom is -0.310 e. The van der Waals surface area contributed by atoms with Gasteiger partial charge in [0.2, 0.25) is 0 Å². The minimum absolute atomic E-state index is 0.385. The van der Waals surface area contributed by atoms with E-state index in [4.69, 9.17) is 11.6 Å². The summed E-state index contributed by atoms with van der Waals surface area (Å²) in [6.45, 7) is 9.43. The van der Waals surface area contributed by atoms with Gasteiger partial charge in [0.1, 0.15) is 0 Å². The first kappa shape index (κ1) is 15.8. The van der Waals surface area contributed by atoms with Crippen LogP contribution in [0.3, 0.4) is 0 Å². The molecular formula is C17H27ClN2. The molecule has 1 fully saturated rings. The molecule has 1 N–H and O–H groups in total. The molecule has 1 saturated heterocycles. The summed E-state index contributed by atoms with van der Waals surface area (Å²) in [6, 6.07) is 8.53. The molecule has 20 heavy (non-hydrogen) atoms. The number of nitrogens with one attached hydrogen (secondary N) is 1. The molecule has 1 aromatic carbocycles. The lowest BCUT2D eigenvalue weighted by Crippen LogP contribution is -2.37. The van der Waals surface area contributed by atoms with Crippen molar-refractivity contribution in [3.63, 3.8) is 0 Å². The van der Waals surface area contributed by atoms with Gasteiger partial charge in [0, 0.05) is 17.6 Å². The summed E-state index contributed by atoms with van der Waals surface area (Å²) in [5, 5.41) is 4.44. The fraction of sp³-hybridized carbons (Fsp3) is 0.647. The molecule has 3 heteroatoms. The van der Waals surface area contributed by atoms with E-state index >= 15 is 0 Å². The maximum Gasteiger partial charge on any atom is 0.0406 e. The third kappa shape index (κ3) is 5.08. The van der Waals surface area contributed by atoms with Crippen LogP contribution in [0, 0.1) is 5.92 Å². The molecule has 0 aliphatic carbocycles. The van der Waals surface area contributed by atoms with Gasteiger partial charge in [0.25, 0.3) is 0 Å². The van der Waals surface area contributed by atoms with E-state index in [1.54, 1.807) is 0 Å². The van der Waals surface area contributed by atoms with Gasteiger partial charge in [-0.05, 0) is 63.0 Å². The number of piperidine rings is 1. The van der Waals surface area contributed by atoms with Gasteiger partial charge in [-0.1, -0.05) is 37.1 Å². The van der Waals surface area contributed by atoms with Crippen LogP contribution in [0.1, 0.15) is 44.7 Å². The van der Waals surface area contributed by atoms with Crippen molar-refractivity contribution in [1.29, 1.82) is 0 Å². The summed E-state index contributed by atoms with van der Waals surface area (Å²) in [6.07, 6.45) is 4.17. The summed E-state index contributed by atoms with van der Waals surface area (Å²) >= 11 is 5.93. The molecule has 1 heterocycles. The Bertz CT molecular complexity index is 384. The molecule has 0 aromatic heterocycles. The Hall–Kier alpha value is -0.570. The largest absolute Gasteiger partial charge is 0.310 e. The number of benzene rings is 1. The van der Waals surface area contributed by atoms with Crippen LogP contribution in [0.4, 0.5) is 0 Å². The number of likely N-dealkylation sites (tertiary alicyclic amines) is 1. The molecule has 0 spiro atoms. The van der Waals surface area contributed by atoms with E-state index in [0.717, 1.165) is 11.6 Å². The quantitative estimate of drug-likeness (QED) is 0.849. The first-order chi connectivity index (χ1) is 9.65. The van der Waals surface area contributed by atoms with Gasteiger partial charge in [-0.3, -0.25) is 0 Å². The molecule has 2 nitrogen and oxygen atoms in total. The summed E-state index contributed by atoms with van der Waals surface area (Å²) in [5.74, 6) is 0.697. The monoisotopic (exact) mass is 294 g/mol. The lowest BCUT2D eigenvalue weighted by Gasteiger charge is -2.29. The van der Waals surface area contributed by atoms with Crippen LogP contribution in [-0.4, -0.2) is 31.1 Å². The number of rotatable bonds is 6. The molecule has 2 atom stereocenters. The van der Waals surface area contributed by atoms with E-state index in [2.05, 4.69) is 36.2 Å². The van der Waals surface area contributed by atoms with Crippen molar-refractivity contribution in [3.8, 4) is 0 Å². The maximum atomic E-state index is 5.93. The number of hydrogen-bond donors (Lipinski definition) is 1. The zero-order valence-corrected chi connectivity index (χ0v) is 13.5. The standard InChI is InChI=1S/C17H27ClN2/c1-14(13-20-10-4-3-5-11-20)12-19-15(2)16-6-8-17(18)9-7-16/h6-9,14-15,19H,3-5,10-13H2,1-2H3. The van der Waals surface area contributed by atoms with Crippen LogP contribution in [0.2, 0.25) is 5.02 Å². The van der Waals surface area contributed by atoms with Gasteiger partial charge in [-0.25, -0.2) is 0 Å². The molecule has 0 radical (unpaired) electrons. The van der Waals surface area contributed by atoms with E-state index in [9.17, 15) is 0 Å². The highest BCUT2D eigenvalue weighted by atomic mass is 35.5. The van der Waals surface area contributed by atoms with Crippen molar-refractivity contribution in [3.05, 3.63) is 34.9 Å². The van der Waals surface area contributed by atoms with Crippen molar-refractivity contribution in [2.24, 2.45) is 5.92 Å². The Kier molecular flexibility index (Phi) is 6.34. The highest BCUT2D eigenvalue weighted by Crippen LogP contribution is 2.16. The third-order valence-electron chi connectivity index (χ3n) is 4.16. The van der Waals surface area contributed by atoms with Gasteiger partial charge in [0.15, 0.2) is 0 Å². The highest BCUT2D eigenvalue weighted by molar-refractivity contribution is 6.30. The van der Waals surface area contributed by atoms with Crippen molar-refractivity contribution in [2.75, 3.05) is 26.2 Å². The van der Waals surface area contributed by atoms with Crippen molar-refractivity contribution in [1.82, 2.24) is 10.2 Å². The van der Waals surface area contributed by atoms with Crippen LogP contribution >= 0.6 is 11.6 Å². The SMILES string of the molecule is CC(CNC(C)c1ccc(Cl)cc1)CN1CCCCC1. The van der Waals surface area contributed by atoms with Crippen LogP contribution in [-0.2, 0) is 0 Å². The Balaban J connectivity index is 1.71. The summed E-state index contributed by atoms with van der Waals surface area (Å²) in [7, 11) is 0. The minimum atomic E-state index is 0.385. The molecule has 0 amide bonds. The van der Waals surface area contributed by atoms with Gasteiger partial charge in [0.05, 0.1) is 0 Å². The first-order valence-corrected chi connectivity index (χ1v) is 8.24. The van der Waals surface area contributed by atoms with Crippen molar-refractivity contribution >= 4 is 11.6 Å². The highest BCUT2D eigenvalue weighted by Gasteiger charge is 2.14. The predicted octanol–water partition coefficient (Wildman–Crippen LogP) is 4.11. The molecule has 112 valence electrons. The molecule has 1 aliphatic rings. The molecule has 1 aromatic rings. The molecule has 0 saturated carbocycles. The van der Waals surface area contributed by atoms with Crippen molar-refractivity contribution in [2.45, 2.75) is 39.2 Å². The van der Waals surface area contributed by atoms with Crippen molar-refractivity contribution < 1.29 is 0 Å². The second kappa shape index (κ2) is 8.02. The molecule has 0 bridgehead atoms. The maximum absolute atomic E-state index is 5.93. The Morgan fingerprint density at radius 3 is 2.40 bits per heavy atom. The topological polar surface area (TPSA) is 15.3 Å². The van der Waals surface area contributed by atoms with Crippen LogP contribution in [0.25, 0.3) is 0 Å². The van der Waals surface area contributed by atoms with Gasteiger partial charge >= 0.3 is 0 Å². The Morgan fingerprint density at radius 1 is 1.10 bits per heavy atom. The second-order valence-corrected chi connectivity index (χ2v) is 6.58. The van der Waals surface area contributed by atoms with E-state index in [1.807, 2.05) is 12.1 Å². The van der Waals surface area contributed by atoms with Gasteiger partial charge in [-0.2, -0.15) is 0 Å². The lowest BCUT2D eigenvalue weighted by molar-refractivity contribution is 0.197. The average molecular weight is 295 g/mol. The lowest BCUT2D eigenvalue weighted by atomic mass is 10.1. The van der Waals surface area contributed by atoms with Crippen LogP contribution in [0.5, 0.6) is 0 Å². The fourth-order valence-electron chi connectivity index (χ4n) is 2.89. The second-order valence-electron chi connectivity index (χ2n) is 6.15.